The maximum atomic E-state index is 11.9. The second-order valence-electron chi connectivity index (χ2n) is 4.29. The number of aromatic nitrogens is 2. The van der Waals surface area contributed by atoms with Crippen molar-refractivity contribution in [2.24, 2.45) is 7.05 Å². The van der Waals surface area contributed by atoms with E-state index in [0.717, 1.165) is 24.9 Å². The van der Waals surface area contributed by atoms with Gasteiger partial charge in [0.15, 0.2) is 0 Å². The summed E-state index contributed by atoms with van der Waals surface area (Å²) in [4.78, 5) is 13.6. The largest absolute Gasteiger partial charge is 0.394 e. The number of amides is 1. The Labute approximate surface area is 100 Å². The van der Waals surface area contributed by atoms with Gasteiger partial charge in [-0.25, -0.2) is 0 Å². The number of carbonyl (C=O) groups is 1. The maximum Gasteiger partial charge on any atom is 0.246 e. The van der Waals surface area contributed by atoms with Gasteiger partial charge >= 0.3 is 0 Å². The van der Waals surface area contributed by atoms with Gasteiger partial charge in [0, 0.05) is 31.4 Å². The molecule has 1 N–H and O–H groups in total. The van der Waals surface area contributed by atoms with Gasteiger partial charge in [-0.05, 0) is 18.9 Å². The molecule has 2 heterocycles. The Morgan fingerprint density at radius 3 is 3.18 bits per heavy atom. The van der Waals surface area contributed by atoms with E-state index in [4.69, 9.17) is 5.11 Å². The third-order valence-corrected chi connectivity index (χ3v) is 3.01. The minimum absolute atomic E-state index is 0.0129. The lowest BCUT2D eigenvalue weighted by Crippen LogP contribution is -2.36. The van der Waals surface area contributed by atoms with Crippen LogP contribution in [-0.4, -0.2) is 44.9 Å². The quantitative estimate of drug-likeness (QED) is 0.772. The van der Waals surface area contributed by atoms with Crippen molar-refractivity contribution in [1.82, 2.24) is 14.7 Å². The Bertz CT molecular complexity index is 425. The summed E-state index contributed by atoms with van der Waals surface area (Å²) in [6, 6.07) is -0.0129. The number of likely N-dealkylation sites (tertiary alicyclic amines) is 1. The molecule has 0 spiro atoms. The summed E-state index contributed by atoms with van der Waals surface area (Å²) in [6.45, 7) is 0.786. The Hall–Kier alpha value is -1.62. The van der Waals surface area contributed by atoms with Crippen LogP contribution in [-0.2, 0) is 11.8 Å². The first-order valence-corrected chi connectivity index (χ1v) is 5.79. The molecule has 1 aromatic rings. The van der Waals surface area contributed by atoms with E-state index in [1.807, 2.05) is 13.2 Å². The van der Waals surface area contributed by atoms with Gasteiger partial charge in [0.1, 0.15) is 0 Å². The topological polar surface area (TPSA) is 58.4 Å². The summed E-state index contributed by atoms with van der Waals surface area (Å²) in [5, 5.41) is 13.2. The van der Waals surface area contributed by atoms with Gasteiger partial charge in [-0.3, -0.25) is 9.48 Å². The molecule has 1 amide bonds. The number of hydrogen-bond donors (Lipinski definition) is 1. The molecule has 1 saturated heterocycles. The molecule has 1 atom stereocenters. The molecule has 17 heavy (non-hydrogen) atoms. The number of aliphatic hydroxyl groups excluding tert-OH is 1. The molecular formula is C12H17N3O2. The van der Waals surface area contributed by atoms with Gasteiger partial charge in [0.2, 0.25) is 5.91 Å². The van der Waals surface area contributed by atoms with E-state index in [9.17, 15) is 4.79 Å². The lowest BCUT2D eigenvalue weighted by molar-refractivity contribution is -0.127. The fraction of sp³-hybridized carbons (Fsp3) is 0.500. The van der Waals surface area contributed by atoms with Crippen LogP contribution in [0, 0.1) is 0 Å². The Balaban J connectivity index is 1.99. The zero-order valence-electron chi connectivity index (χ0n) is 9.91. The molecule has 0 saturated carbocycles. The molecule has 2 rings (SSSR count). The zero-order chi connectivity index (χ0) is 12.3. The number of carbonyl (C=O) groups excluding carboxylic acids is 1. The van der Waals surface area contributed by atoms with Crippen molar-refractivity contribution in [1.29, 1.82) is 0 Å². The highest BCUT2D eigenvalue weighted by atomic mass is 16.3. The first-order chi connectivity index (χ1) is 8.20. The molecule has 1 fully saturated rings. The number of hydrogen-bond acceptors (Lipinski definition) is 3. The summed E-state index contributed by atoms with van der Waals surface area (Å²) < 4.78 is 1.69. The second kappa shape index (κ2) is 5.14. The van der Waals surface area contributed by atoms with Crippen molar-refractivity contribution in [3.8, 4) is 0 Å². The van der Waals surface area contributed by atoms with Crippen LogP contribution in [0.25, 0.3) is 6.08 Å². The van der Waals surface area contributed by atoms with Crippen LogP contribution in [0.4, 0.5) is 0 Å². The molecule has 0 unspecified atom stereocenters. The van der Waals surface area contributed by atoms with Gasteiger partial charge in [0.25, 0.3) is 0 Å². The SMILES string of the molecule is Cn1cc(C=CC(=O)N2CCC[C@@H]2CO)cn1. The molecular weight excluding hydrogens is 218 g/mol. The molecule has 0 radical (unpaired) electrons. The van der Waals surface area contributed by atoms with Crippen molar-refractivity contribution in [3.05, 3.63) is 24.0 Å². The van der Waals surface area contributed by atoms with E-state index in [1.165, 1.54) is 0 Å². The van der Waals surface area contributed by atoms with Crippen molar-refractivity contribution in [3.63, 3.8) is 0 Å². The summed E-state index contributed by atoms with van der Waals surface area (Å²) >= 11 is 0. The van der Waals surface area contributed by atoms with E-state index < -0.39 is 0 Å². The van der Waals surface area contributed by atoms with Gasteiger partial charge in [-0.1, -0.05) is 0 Å². The van der Waals surface area contributed by atoms with Crippen LogP contribution >= 0.6 is 0 Å². The summed E-state index contributed by atoms with van der Waals surface area (Å²) in [6.07, 6.45) is 8.71. The molecule has 1 aromatic heterocycles. The Morgan fingerprint density at radius 1 is 1.71 bits per heavy atom. The Kier molecular flexibility index (Phi) is 3.58. The lowest BCUT2D eigenvalue weighted by Gasteiger charge is -2.21. The molecule has 5 heteroatoms. The first-order valence-electron chi connectivity index (χ1n) is 5.79. The van der Waals surface area contributed by atoms with Crippen molar-refractivity contribution < 1.29 is 9.90 Å². The lowest BCUT2D eigenvalue weighted by atomic mass is 10.2. The smallest absolute Gasteiger partial charge is 0.246 e. The highest BCUT2D eigenvalue weighted by molar-refractivity contribution is 5.92. The highest BCUT2D eigenvalue weighted by Crippen LogP contribution is 2.17. The predicted molar refractivity (Wildman–Crippen MR) is 64.1 cm³/mol. The van der Waals surface area contributed by atoms with Gasteiger partial charge in [-0.15, -0.1) is 0 Å². The Morgan fingerprint density at radius 2 is 2.53 bits per heavy atom. The number of aliphatic hydroxyl groups is 1. The second-order valence-corrected chi connectivity index (χ2v) is 4.29. The van der Waals surface area contributed by atoms with E-state index in [2.05, 4.69) is 5.10 Å². The van der Waals surface area contributed by atoms with Crippen molar-refractivity contribution >= 4 is 12.0 Å². The predicted octanol–water partition coefficient (Wildman–Crippen LogP) is 0.417. The van der Waals surface area contributed by atoms with Crippen LogP contribution in [0.1, 0.15) is 18.4 Å². The molecule has 92 valence electrons. The average Bonchev–Trinajstić information content (AvgIpc) is 2.94. The fourth-order valence-electron chi connectivity index (χ4n) is 2.11. The monoisotopic (exact) mass is 235 g/mol. The van der Waals surface area contributed by atoms with Crippen LogP contribution in [0.15, 0.2) is 18.5 Å². The highest BCUT2D eigenvalue weighted by Gasteiger charge is 2.26. The van der Waals surface area contributed by atoms with Crippen molar-refractivity contribution in [2.45, 2.75) is 18.9 Å². The molecule has 0 aliphatic carbocycles. The van der Waals surface area contributed by atoms with E-state index in [0.29, 0.717) is 0 Å². The van der Waals surface area contributed by atoms with E-state index in [-0.39, 0.29) is 18.6 Å². The summed E-state index contributed by atoms with van der Waals surface area (Å²) in [5.41, 5.74) is 0.903. The molecule has 0 aromatic carbocycles. The van der Waals surface area contributed by atoms with Crippen LogP contribution in [0.3, 0.4) is 0 Å². The van der Waals surface area contributed by atoms with Crippen LogP contribution in [0.5, 0.6) is 0 Å². The number of aryl methyl sites for hydroxylation is 1. The maximum absolute atomic E-state index is 11.9. The number of rotatable bonds is 3. The molecule has 1 aliphatic rings. The summed E-state index contributed by atoms with van der Waals surface area (Å²) in [5.74, 6) is -0.0367. The van der Waals surface area contributed by atoms with Gasteiger partial charge in [-0.2, -0.15) is 5.10 Å². The van der Waals surface area contributed by atoms with Gasteiger partial charge < -0.3 is 10.0 Å². The normalized spacial score (nSPS) is 20.4. The first kappa shape index (κ1) is 11.9. The minimum Gasteiger partial charge on any atom is -0.394 e. The minimum atomic E-state index is -0.0367. The fourth-order valence-corrected chi connectivity index (χ4v) is 2.11. The average molecular weight is 235 g/mol. The molecule has 5 nitrogen and oxygen atoms in total. The van der Waals surface area contributed by atoms with E-state index in [1.54, 1.807) is 27.9 Å². The number of nitrogens with zero attached hydrogens (tertiary/aromatic N) is 3. The summed E-state index contributed by atoms with van der Waals surface area (Å²) in [7, 11) is 1.83. The third-order valence-electron chi connectivity index (χ3n) is 3.01. The van der Waals surface area contributed by atoms with Crippen molar-refractivity contribution in [2.75, 3.05) is 13.2 Å². The standard InChI is InChI=1S/C12H17N3O2/c1-14-8-10(7-13-14)4-5-12(17)15-6-2-3-11(15)9-16/h4-5,7-8,11,16H,2-3,6,9H2,1H3/t11-/m1/s1. The van der Waals surface area contributed by atoms with E-state index >= 15 is 0 Å². The van der Waals surface area contributed by atoms with Crippen LogP contribution in [0.2, 0.25) is 0 Å². The zero-order valence-corrected chi connectivity index (χ0v) is 9.91. The molecule has 0 bridgehead atoms. The van der Waals surface area contributed by atoms with Crippen LogP contribution < -0.4 is 0 Å². The third kappa shape index (κ3) is 2.74. The van der Waals surface area contributed by atoms with Gasteiger partial charge in [0.05, 0.1) is 18.8 Å². The molecule has 1 aliphatic heterocycles.